The highest BCUT2D eigenvalue weighted by molar-refractivity contribution is 7.92. The van der Waals surface area contributed by atoms with Crippen LogP contribution >= 0.6 is 11.6 Å². The van der Waals surface area contributed by atoms with Gasteiger partial charge in [-0.2, -0.15) is 0 Å². The van der Waals surface area contributed by atoms with Crippen molar-refractivity contribution in [3.05, 3.63) is 63.7 Å². The molecule has 0 bridgehead atoms. The number of sulfonamides is 1. The molecule has 0 fully saturated rings. The number of hydrogen-bond donors (Lipinski definition) is 1. The molecule has 8 nitrogen and oxygen atoms in total. The number of para-hydroxylation sites is 1. The maximum atomic E-state index is 12.8. The highest BCUT2D eigenvalue weighted by Gasteiger charge is 2.31. The second kappa shape index (κ2) is 8.36. The first-order valence-corrected chi connectivity index (χ1v) is 10.2. The predicted molar refractivity (Wildman–Crippen MR) is 105 cm³/mol. The molecule has 1 amide bonds. The van der Waals surface area contributed by atoms with Gasteiger partial charge in [0.1, 0.15) is 6.04 Å². The maximum absolute atomic E-state index is 12.8. The Balaban J connectivity index is 2.40. The van der Waals surface area contributed by atoms with Gasteiger partial charge in [0.2, 0.25) is 15.9 Å². The van der Waals surface area contributed by atoms with Crippen LogP contribution in [0.5, 0.6) is 0 Å². The fourth-order valence-corrected chi connectivity index (χ4v) is 3.95. The van der Waals surface area contributed by atoms with Gasteiger partial charge in [0.25, 0.3) is 5.69 Å². The summed E-state index contributed by atoms with van der Waals surface area (Å²) in [5, 5.41) is 13.5. The topological polar surface area (TPSA) is 110 Å². The Morgan fingerprint density at radius 3 is 2.41 bits per heavy atom. The third-order valence-electron chi connectivity index (χ3n) is 3.76. The number of carbonyl (C=O) groups excluding carboxylic acids is 1. The molecular weight excluding hydrogens is 394 g/mol. The van der Waals surface area contributed by atoms with Crippen LogP contribution in [0.3, 0.4) is 0 Å². The summed E-state index contributed by atoms with van der Waals surface area (Å²) in [6.45, 7) is 1.67. The summed E-state index contributed by atoms with van der Waals surface area (Å²) in [5.74, 6) is -0.644. The zero-order valence-electron chi connectivity index (χ0n) is 14.6. The molecule has 0 heterocycles. The first-order chi connectivity index (χ1) is 12.6. The molecule has 0 saturated heterocycles. The van der Waals surface area contributed by atoms with E-state index >= 15 is 0 Å². The Labute approximate surface area is 162 Å². The Bertz CT molecular complexity index is 950. The van der Waals surface area contributed by atoms with Gasteiger partial charge >= 0.3 is 0 Å². The van der Waals surface area contributed by atoms with Crippen LogP contribution < -0.4 is 9.62 Å². The summed E-state index contributed by atoms with van der Waals surface area (Å²) in [6.07, 6.45) is 1.19. The van der Waals surface area contributed by atoms with Crippen LogP contribution in [0.25, 0.3) is 0 Å². The Hall–Kier alpha value is -2.65. The summed E-state index contributed by atoms with van der Waals surface area (Å²) >= 11 is 6.01. The normalized spacial score (nSPS) is 12.3. The quantitative estimate of drug-likeness (QED) is 0.554. The minimum absolute atomic E-state index is 0.0378. The van der Waals surface area contributed by atoms with Gasteiger partial charge in [-0.15, -0.1) is 0 Å². The number of amides is 1. The highest BCUT2D eigenvalue weighted by Crippen LogP contribution is 2.28. The number of nitro groups is 1. The molecule has 2 aromatic carbocycles. The molecule has 2 aromatic rings. The lowest BCUT2D eigenvalue weighted by atomic mass is 10.1. The smallest absolute Gasteiger partial charge is 0.271 e. The highest BCUT2D eigenvalue weighted by atomic mass is 35.5. The van der Waals surface area contributed by atoms with E-state index in [0.29, 0.717) is 5.69 Å². The molecule has 2 rings (SSSR count). The largest absolute Gasteiger partial charge is 0.323 e. The number of carbonyl (C=O) groups is 1. The number of benzene rings is 2. The van der Waals surface area contributed by atoms with E-state index in [0.717, 1.165) is 16.6 Å². The van der Waals surface area contributed by atoms with Gasteiger partial charge in [0.05, 0.1) is 27.6 Å². The Morgan fingerprint density at radius 1 is 1.26 bits per heavy atom. The van der Waals surface area contributed by atoms with Gasteiger partial charge < -0.3 is 5.32 Å². The van der Waals surface area contributed by atoms with Gasteiger partial charge in [0, 0.05) is 12.1 Å². The van der Waals surface area contributed by atoms with Gasteiger partial charge in [-0.1, -0.05) is 36.7 Å². The standard InChI is InChI=1S/C17H18ClN3O5S/c1-3-16(20(27(2,25)26)12-7-5-4-6-8-12)17(22)19-15-11-13(21(23)24)9-10-14(15)18/h4-11,16H,3H2,1-2H3,(H,19,22)/t16-/m0/s1. The van der Waals surface area contributed by atoms with Crippen LogP contribution in [0, 0.1) is 10.1 Å². The van der Waals surface area contributed by atoms with Crippen molar-refractivity contribution >= 4 is 44.6 Å². The lowest BCUT2D eigenvalue weighted by Gasteiger charge is -2.30. The van der Waals surface area contributed by atoms with Crippen LogP contribution in [0.2, 0.25) is 5.02 Å². The van der Waals surface area contributed by atoms with Crippen LogP contribution in [0.4, 0.5) is 17.1 Å². The first-order valence-electron chi connectivity index (χ1n) is 7.94. The van der Waals surface area contributed by atoms with Crippen molar-refractivity contribution in [2.75, 3.05) is 15.9 Å². The molecule has 1 atom stereocenters. The number of halogens is 1. The van der Waals surface area contributed by atoms with Crippen LogP contribution in [-0.4, -0.2) is 31.5 Å². The summed E-state index contributed by atoms with van der Waals surface area (Å²) in [6, 6.07) is 10.8. The van der Waals surface area contributed by atoms with Crippen LogP contribution in [0.1, 0.15) is 13.3 Å². The molecule has 144 valence electrons. The summed E-state index contributed by atoms with van der Waals surface area (Å²) in [4.78, 5) is 23.1. The van der Waals surface area contributed by atoms with E-state index in [2.05, 4.69) is 5.32 Å². The molecule has 0 aliphatic carbocycles. The summed E-state index contributed by atoms with van der Waals surface area (Å²) < 4.78 is 25.7. The SMILES string of the molecule is CC[C@@H](C(=O)Nc1cc([N+](=O)[O-])ccc1Cl)N(c1ccccc1)S(C)(=O)=O. The molecule has 0 spiro atoms. The number of nitro benzene ring substituents is 1. The number of rotatable bonds is 7. The van der Waals surface area contributed by atoms with E-state index in [1.807, 2.05) is 0 Å². The Morgan fingerprint density at radius 2 is 1.89 bits per heavy atom. The number of nitrogens with one attached hydrogen (secondary N) is 1. The second-order valence-corrected chi connectivity index (χ2v) is 8.00. The van der Waals surface area contributed by atoms with E-state index in [4.69, 9.17) is 11.6 Å². The zero-order chi connectivity index (χ0) is 20.2. The molecule has 0 aliphatic rings. The van der Waals surface area contributed by atoms with E-state index in [1.165, 1.54) is 12.1 Å². The van der Waals surface area contributed by atoms with Gasteiger partial charge in [-0.05, 0) is 24.6 Å². The minimum atomic E-state index is -3.77. The fourth-order valence-electron chi connectivity index (χ4n) is 2.57. The third kappa shape index (κ3) is 4.95. The lowest BCUT2D eigenvalue weighted by molar-refractivity contribution is -0.384. The predicted octanol–water partition coefficient (Wildman–Crippen LogP) is 3.43. The molecule has 1 N–H and O–H groups in total. The molecule has 0 aromatic heterocycles. The van der Waals surface area contributed by atoms with E-state index < -0.39 is 26.9 Å². The molecule has 0 radical (unpaired) electrons. The van der Waals surface area contributed by atoms with Gasteiger partial charge in [0.15, 0.2) is 0 Å². The number of non-ortho nitro benzene ring substituents is 1. The molecule has 0 saturated carbocycles. The van der Waals surface area contributed by atoms with Crippen molar-refractivity contribution in [1.29, 1.82) is 0 Å². The maximum Gasteiger partial charge on any atom is 0.271 e. The number of hydrogen-bond acceptors (Lipinski definition) is 5. The van der Waals surface area contributed by atoms with E-state index in [9.17, 15) is 23.3 Å². The Kier molecular flexibility index (Phi) is 6.40. The molecular formula is C17H18ClN3O5S. The molecule has 0 unspecified atom stereocenters. The average Bonchev–Trinajstić information content (AvgIpc) is 2.60. The number of nitrogens with zero attached hydrogens (tertiary/aromatic N) is 2. The van der Waals surface area contributed by atoms with E-state index in [1.54, 1.807) is 37.3 Å². The van der Waals surface area contributed by atoms with Crippen molar-refractivity contribution in [2.45, 2.75) is 19.4 Å². The van der Waals surface area contributed by atoms with Crippen molar-refractivity contribution in [1.82, 2.24) is 0 Å². The van der Waals surface area contributed by atoms with Crippen LogP contribution in [-0.2, 0) is 14.8 Å². The summed E-state index contributed by atoms with van der Waals surface area (Å²) in [5.41, 5.74) is 0.133. The second-order valence-electron chi connectivity index (χ2n) is 5.73. The monoisotopic (exact) mass is 411 g/mol. The lowest BCUT2D eigenvalue weighted by Crippen LogP contribution is -2.47. The first kappa shape index (κ1) is 20.7. The van der Waals surface area contributed by atoms with Gasteiger partial charge in [-0.25, -0.2) is 8.42 Å². The van der Waals surface area contributed by atoms with Crippen molar-refractivity contribution in [3.63, 3.8) is 0 Å². The van der Waals surface area contributed by atoms with Crippen molar-refractivity contribution in [3.8, 4) is 0 Å². The average molecular weight is 412 g/mol. The molecule has 10 heteroatoms. The fraction of sp³-hybridized carbons (Fsp3) is 0.235. The summed E-state index contributed by atoms with van der Waals surface area (Å²) in [7, 11) is -3.77. The van der Waals surface area contributed by atoms with Gasteiger partial charge in [-0.3, -0.25) is 19.2 Å². The van der Waals surface area contributed by atoms with Crippen molar-refractivity contribution in [2.24, 2.45) is 0 Å². The molecule has 0 aliphatic heterocycles. The van der Waals surface area contributed by atoms with Crippen molar-refractivity contribution < 1.29 is 18.1 Å². The molecule has 27 heavy (non-hydrogen) atoms. The third-order valence-corrected chi connectivity index (χ3v) is 5.27. The minimum Gasteiger partial charge on any atom is -0.323 e. The zero-order valence-corrected chi connectivity index (χ0v) is 16.2. The van der Waals surface area contributed by atoms with E-state index in [-0.39, 0.29) is 22.8 Å². The number of anilines is 2. The van der Waals surface area contributed by atoms with Crippen LogP contribution in [0.15, 0.2) is 48.5 Å².